The highest BCUT2D eigenvalue weighted by molar-refractivity contribution is 5.98. The molecule has 1 atom stereocenters. The zero-order valence-electron chi connectivity index (χ0n) is 10.5. The quantitative estimate of drug-likeness (QED) is 0.820. The molecule has 2 heterocycles. The molecular formula is C14H17N3O. The van der Waals surface area contributed by atoms with Gasteiger partial charge in [0, 0.05) is 37.5 Å². The Morgan fingerprint density at radius 2 is 2.28 bits per heavy atom. The molecule has 1 aliphatic rings. The molecule has 0 saturated carbocycles. The Hall–Kier alpha value is -1.81. The first kappa shape index (κ1) is 11.3. The molecule has 1 fully saturated rings. The van der Waals surface area contributed by atoms with Crippen LogP contribution < -0.4 is 10.6 Å². The van der Waals surface area contributed by atoms with Gasteiger partial charge in [-0.05, 0) is 18.6 Å². The van der Waals surface area contributed by atoms with E-state index in [9.17, 15) is 0 Å². The van der Waals surface area contributed by atoms with Gasteiger partial charge in [-0.15, -0.1) is 0 Å². The van der Waals surface area contributed by atoms with Gasteiger partial charge in [-0.3, -0.25) is 4.98 Å². The molecule has 0 bridgehead atoms. The topological polar surface area (TPSA) is 51.4 Å². The smallest absolute Gasteiger partial charge is 0.0951 e. The number of nitrogens with two attached hydrogens (primary N) is 1. The van der Waals surface area contributed by atoms with Crippen molar-refractivity contribution < 1.29 is 4.74 Å². The van der Waals surface area contributed by atoms with Crippen molar-refractivity contribution in [2.24, 2.45) is 0 Å². The fourth-order valence-corrected chi connectivity index (χ4v) is 2.60. The summed E-state index contributed by atoms with van der Waals surface area (Å²) in [6.45, 7) is 1.96. The number of methoxy groups -OCH3 is 1. The van der Waals surface area contributed by atoms with Crippen LogP contribution in [0.3, 0.4) is 0 Å². The van der Waals surface area contributed by atoms with Gasteiger partial charge in [-0.1, -0.05) is 12.1 Å². The number of anilines is 2. The fraction of sp³-hybridized carbons (Fsp3) is 0.357. The largest absolute Gasteiger partial charge is 0.397 e. The number of aromatic nitrogens is 1. The number of nitrogen functional groups attached to an aromatic ring is 1. The zero-order valence-corrected chi connectivity index (χ0v) is 10.5. The molecule has 1 aliphatic heterocycles. The molecule has 0 radical (unpaired) electrons. The number of para-hydroxylation sites is 1. The molecule has 94 valence electrons. The maximum atomic E-state index is 5.97. The third-order valence-electron chi connectivity index (χ3n) is 3.60. The monoisotopic (exact) mass is 243 g/mol. The minimum atomic E-state index is 0.328. The average Bonchev–Trinajstić information content (AvgIpc) is 2.87. The van der Waals surface area contributed by atoms with E-state index in [4.69, 9.17) is 10.5 Å². The maximum absolute atomic E-state index is 5.97. The van der Waals surface area contributed by atoms with Gasteiger partial charge >= 0.3 is 0 Å². The normalized spacial score (nSPS) is 19.6. The molecule has 2 N–H and O–H groups in total. The van der Waals surface area contributed by atoms with E-state index >= 15 is 0 Å². The van der Waals surface area contributed by atoms with Crippen molar-refractivity contribution in [1.82, 2.24) is 4.98 Å². The second kappa shape index (κ2) is 4.46. The molecule has 0 spiro atoms. The van der Waals surface area contributed by atoms with E-state index in [2.05, 4.69) is 22.0 Å². The Morgan fingerprint density at radius 3 is 3.06 bits per heavy atom. The minimum Gasteiger partial charge on any atom is -0.397 e. The van der Waals surface area contributed by atoms with Crippen molar-refractivity contribution in [1.29, 1.82) is 0 Å². The Labute approximate surface area is 106 Å². The molecule has 1 unspecified atom stereocenters. The molecule has 2 aromatic rings. The van der Waals surface area contributed by atoms with Crippen LogP contribution in [0, 0.1) is 0 Å². The van der Waals surface area contributed by atoms with Gasteiger partial charge < -0.3 is 15.4 Å². The summed E-state index contributed by atoms with van der Waals surface area (Å²) in [5.74, 6) is 0. The lowest BCUT2D eigenvalue weighted by molar-refractivity contribution is 0.121. The summed E-state index contributed by atoms with van der Waals surface area (Å²) in [6.07, 6.45) is 3.23. The zero-order chi connectivity index (χ0) is 12.5. The number of hydrogen-bond donors (Lipinski definition) is 1. The van der Waals surface area contributed by atoms with Crippen molar-refractivity contribution >= 4 is 22.3 Å². The summed E-state index contributed by atoms with van der Waals surface area (Å²) in [6, 6.07) is 8.00. The fourth-order valence-electron chi connectivity index (χ4n) is 2.60. The standard InChI is InChI=1S/C14H17N3O/c1-18-10-6-8-17(9-10)13-5-7-16-14-11(13)3-2-4-12(14)15/h2-5,7,10H,6,8-9,15H2,1H3. The van der Waals surface area contributed by atoms with Crippen LogP contribution >= 0.6 is 0 Å². The lowest BCUT2D eigenvalue weighted by Gasteiger charge is -2.20. The van der Waals surface area contributed by atoms with Gasteiger partial charge in [0.05, 0.1) is 17.3 Å². The van der Waals surface area contributed by atoms with E-state index in [-0.39, 0.29) is 0 Å². The summed E-state index contributed by atoms with van der Waals surface area (Å²) in [5, 5.41) is 1.12. The molecule has 4 heteroatoms. The van der Waals surface area contributed by atoms with Crippen molar-refractivity contribution in [3.05, 3.63) is 30.5 Å². The Balaban J connectivity index is 2.05. The summed E-state index contributed by atoms with van der Waals surface area (Å²) in [4.78, 5) is 6.71. The third-order valence-corrected chi connectivity index (χ3v) is 3.60. The molecular weight excluding hydrogens is 226 g/mol. The van der Waals surface area contributed by atoms with Crippen LogP contribution in [0.5, 0.6) is 0 Å². The van der Waals surface area contributed by atoms with Gasteiger partial charge in [0.2, 0.25) is 0 Å². The van der Waals surface area contributed by atoms with Crippen LogP contribution in [0.15, 0.2) is 30.5 Å². The summed E-state index contributed by atoms with van der Waals surface area (Å²) < 4.78 is 5.42. The van der Waals surface area contributed by atoms with Crippen molar-refractivity contribution in [3.8, 4) is 0 Å². The van der Waals surface area contributed by atoms with E-state index in [1.807, 2.05) is 18.3 Å². The highest BCUT2D eigenvalue weighted by Gasteiger charge is 2.23. The minimum absolute atomic E-state index is 0.328. The van der Waals surface area contributed by atoms with Crippen LogP contribution in [0.25, 0.3) is 10.9 Å². The second-order valence-electron chi connectivity index (χ2n) is 4.67. The first-order chi connectivity index (χ1) is 8.79. The van der Waals surface area contributed by atoms with Crippen molar-refractivity contribution in [2.45, 2.75) is 12.5 Å². The molecule has 4 nitrogen and oxygen atoms in total. The van der Waals surface area contributed by atoms with Crippen molar-refractivity contribution in [3.63, 3.8) is 0 Å². The lowest BCUT2D eigenvalue weighted by Crippen LogP contribution is -2.22. The number of pyridine rings is 1. The molecule has 0 aliphatic carbocycles. The van der Waals surface area contributed by atoms with Crippen molar-refractivity contribution in [2.75, 3.05) is 30.8 Å². The van der Waals surface area contributed by atoms with Gasteiger partial charge in [0.25, 0.3) is 0 Å². The number of ether oxygens (including phenoxy) is 1. The van der Waals surface area contributed by atoms with Crippen LogP contribution in [0.2, 0.25) is 0 Å². The molecule has 1 saturated heterocycles. The number of benzene rings is 1. The first-order valence-electron chi connectivity index (χ1n) is 6.20. The molecule has 1 aromatic carbocycles. The molecule has 3 rings (SSSR count). The number of hydrogen-bond acceptors (Lipinski definition) is 4. The van der Waals surface area contributed by atoms with Gasteiger partial charge in [-0.25, -0.2) is 0 Å². The van der Waals surface area contributed by atoms with Gasteiger partial charge in [-0.2, -0.15) is 0 Å². The third kappa shape index (κ3) is 1.78. The second-order valence-corrected chi connectivity index (χ2v) is 4.67. The highest BCUT2D eigenvalue weighted by atomic mass is 16.5. The van der Waals surface area contributed by atoms with E-state index in [0.717, 1.165) is 36.1 Å². The molecule has 1 aromatic heterocycles. The number of nitrogens with zero attached hydrogens (tertiary/aromatic N) is 2. The molecule has 18 heavy (non-hydrogen) atoms. The number of fused-ring (bicyclic) bond motifs is 1. The SMILES string of the molecule is COC1CCN(c2ccnc3c(N)cccc23)C1. The highest BCUT2D eigenvalue weighted by Crippen LogP contribution is 2.30. The van der Waals surface area contributed by atoms with E-state index in [1.54, 1.807) is 7.11 Å². The predicted molar refractivity (Wildman–Crippen MR) is 73.8 cm³/mol. The van der Waals surface area contributed by atoms with Gasteiger partial charge in [0.1, 0.15) is 0 Å². The summed E-state index contributed by atoms with van der Waals surface area (Å²) >= 11 is 0. The summed E-state index contributed by atoms with van der Waals surface area (Å²) in [7, 11) is 1.77. The Bertz CT molecular complexity index is 570. The van der Waals surface area contributed by atoms with E-state index in [0.29, 0.717) is 6.10 Å². The van der Waals surface area contributed by atoms with E-state index < -0.39 is 0 Å². The predicted octanol–water partition coefficient (Wildman–Crippen LogP) is 2.04. The van der Waals surface area contributed by atoms with Crippen LogP contribution in [0.4, 0.5) is 11.4 Å². The summed E-state index contributed by atoms with van der Waals surface area (Å²) in [5.41, 5.74) is 8.79. The Morgan fingerprint density at radius 1 is 1.39 bits per heavy atom. The average molecular weight is 243 g/mol. The van der Waals surface area contributed by atoms with Crippen LogP contribution in [-0.4, -0.2) is 31.3 Å². The van der Waals surface area contributed by atoms with Crippen LogP contribution in [-0.2, 0) is 4.74 Å². The van der Waals surface area contributed by atoms with Crippen LogP contribution in [0.1, 0.15) is 6.42 Å². The van der Waals surface area contributed by atoms with Gasteiger partial charge in [0.15, 0.2) is 0 Å². The first-order valence-corrected chi connectivity index (χ1v) is 6.20. The lowest BCUT2D eigenvalue weighted by atomic mass is 10.1. The van der Waals surface area contributed by atoms with E-state index in [1.165, 1.54) is 5.69 Å². The molecule has 0 amide bonds. The number of rotatable bonds is 2. The maximum Gasteiger partial charge on any atom is 0.0951 e. The Kier molecular flexibility index (Phi) is 2.80.